The van der Waals surface area contributed by atoms with Crippen LogP contribution in [0.2, 0.25) is 0 Å². The van der Waals surface area contributed by atoms with Gasteiger partial charge in [0.25, 0.3) is 5.91 Å². The van der Waals surface area contributed by atoms with Crippen molar-refractivity contribution in [2.45, 2.75) is 40.2 Å². The molecule has 1 aromatic heterocycles. The first-order chi connectivity index (χ1) is 14.2. The molecule has 0 radical (unpaired) electrons. The summed E-state index contributed by atoms with van der Waals surface area (Å²) in [5, 5.41) is 3.30. The lowest BCUT2D eigenvalue weighted by Gasteiger charge is -2.36. The molecule has 0 saturated carbocycles. The third kappa shape index (κ3) is 6.96. The summed E-state index contributed by atoms with van der Waals surface area (Å²) in [5.41, 5.74) is -0.518. The highest BCUT2D eigenvalue weighted by Gasteiger charge is 2.25. The second kappa shape index (κ2) is 10.9. The molecule has 1 aliphatic rings. The van der Waals surface area contributed by atoms with E-state index in [1.807, 2.05) is 34.6 Å². The van der Waals surface area contributed by atoms with Crippen molar-refractivity contribution in [3.8, 4) is 0 Å². The molecule has 0 spiro atoms. The first-order valence-corrected chi connectivity index (χ1v) is 10.6. The fourth-order valence-corrected chi connectivity index (χ4v) is 3.08. The number of likely N-dealkylation sites (N-methyl/N-ethyl adjacent to an activating group) is 1. The predicted octanol–water partition coefficient (Wildman–Crippen LogP) is 2.26. The van der Waals surface area contributed by atoms with E-state index in [2.05, 4.69) is 15.2 Å². The first-order valence-electron chi connectivity index (χ1n) is 10.6. The third-order valence-electron chi connectivity index (χ3n) is 4.60. The number of rotatable bonds is 6. The minimum Gasteiger partial charge on any atom is -0.459 e. The SMILES string of the molecule is CCNC(=NCCN(CC)C(=O)OC(C)(C)C)N1CCN(C(=O)c2ccco2)CC1. The Hall–Kier alpha value is -2.71. The lowest BCUT2D eigenvalue weighted by Crippen LogP contribution is -2.53. The average molecular weight is 422 g/mol. The molecule has 30 heavy (non-hydrogen) atoms. The molecule has 9 nitrogen and oxygen atoms in total. The van der Waals surface area contributed by atoms with Crippen molar-refractivity contribution in [2.24, 2.45) is 4.99 Å². The van der Waals surface area contributed by atoms with Crippen LogP contribution < -0.4 is 5.32 Å². The normalized spacial score (nSPS) is 15.2. The van der Waals surface area contributed by atoms with Crippen molar-refractivity contribution in [1.29, 1.82) is 0 Å². The number of ether oxygens (including phenoxy) is 1. The zero-order chi connectivity index (χ0) is 22.1. The fraction of sp³-hybridized carbons (Fsp3) is 0.667. The molecule has 168 valence electrons. The number of aliphatic imine (C=N–C) groups is 1. The standard InChI is InChI=1S/C21H35N5O4/c1-6-22-19(23-10-11-24(7-2)20(28)30-21(3,4)5)26-14-12-25(13-15-26)18(27)17-9-8-16-29-17/h8-9,16H,6-7,10-15H2,1-5H3,(H,22,23). The summed E-state index contributed by atoms with van der Waals surface area (Å²) in [5.74, 6) is 1.08. The van der Waals surface area contributed by atoms with Gasteiger partial charge in [-0.15, -0.1) is 0 Å². The Morgan fingerprint density at radius 3 is 2.40 bits per heavy atom. The van der Waals surface area contributed by atoms with E-state index in [0.717, 1.165) is 12.5 Å². The van der Waals surface area contributed by atoms with E-state index in [1.54, 1.807) is 21.9 Å². The molecular formula is C21H35N5O4. The van der Waals surface area contributed by atoms with E-state index < -0.39 is 5.60 Å². The molecule has 1 saturated heterocycles. The highest BCUT2D eigenvalue weighted by molar-refractivity contribution is 5.91. The largest absolute Gasteiger partial charge is 0.459 e. The molecule has 1 N–H and O–H groups in total. The highest BCUT2D eigenvalue weighted by atomic mass is 16.6. The zero-order valence-corrected chi connectivity index (χ0v) is 18.8. The summed E-state index contributed by atoms with van der Waals surface area (Å²) < 4.78 is 10.7. The van der Waals surface area contributed by atoms with E-state index in [-0.39, 0.29) is 12.0 Å². The molecule has 1 aromatic rings. The first kappa shape index (κ1) is 23.6. The van der Waals surface area contributed by atoms with Gasteiger partial charge in [0.15, 0.2) is 11.7 Å². The number of carbonyl (C=O) groups is 2. The van der Waals surface area contributed by atoms with Crippen LogP contribution in [0.5, 0.6) is 0 Å². The quantitative estimate of drug-likeness (QED) is 0.560. The Kier molecular flexibility index (Phi) is 8.56. The smallest absolute Gasteiger partial charge is 0.410 e. The van der Waals surface area contributed by atoms with Crippen LogP contribution in [0, 0.1) is 0 Å². The molecule has 0 atom stereocenters. The van der Waals surface area contributed by atoms with Gasteiger partial charge in [0.2, 0.25) is 0 Å². The van der Waals surface area contributed by atoms with E-state index in [0.29, 0.717) is 51.6 Å². The molecule has 0 aliphatic carbocycles. The molecule has 0 bridgehead atoms. The maximum atomic E-state index is 12.4. The number of nitrogens with zero attached hydrogens (tertiary/aromatic N) is 4. The summed E-state index contributed by atoms with van der Waals surface area (Å²) in [6.07, 6.45) is 1.19. The number of carbonyl (C=O) groups excluding carboxylic acids is 2. The monoisotopic (exact) mass is 421 g/mol. The average Bonchev–Trinajstić information content (AvgIpc) is 3.23. The van der Waals surface area contributed by atoms with Crippen LogP contribution in [0.1, 0.15) is 45.2 Å². The van der Waals surface area contributed by atoms with Crippen LogP contribution >= 0.6 is 0 Å². The number of hydrogen-bond acceptors (Lipinski definition) is 5. The number of piperazine rings is 1. The second-order valence-corrected chi connectivity index (χ2v) is 8.05. The number of guanidine groups is 1. The van der Waals surface area contributed by atoms with Crippen molar-refractivity contribution >= 4 is 18.0 Å². The molecule has 1 fully saturated rings. The minimum absolute atomic E-state index is 0.0856. The second-order valence-electron chi connectivity index (χ2n) is 8.05. The van der Waals surface area contributed by atoms with Gasteiger partial charge in [0.1, 0.15) is 5.60 Å². The molecule has 9 heteroatoms. The van der Waals surface area contributed by atoms with Crippen molar-refractivity contribution in [3.63, 3.8) is 0 Å². The molecular weight excluding hydrogens is 386 g/mol. The molecule has 2 heterocycles. The van der Waals surface area contributed by atoms with Gasteiger partial charge in [0.05, 0.1) is 12.8 Å². The van der Waals surface area contributed by atoms with E-state index in [9.17, 15) is 9.59 Å². The van der Waals surface area contributed by atoms with Crippen molar-refractivity contribution < 1.29 is 18.7 Å². The Morgan fingerprint density at radius 2 is 1.87 bits per heavy atom. The lowest BCUT2D eigenvalue weighted by atomic mass is 10.2. The van der Waals surface area contributed by atoms with Crippen LogP contribution in [0.4, 0.5) is 4.79 Å². The minimum atomic E-state index is -0.518. The van der Waals surface area contributed by atoms with Crippen molar-refractivity contribution in [3.05, 3.63) is 24.2 Å². The van der Waals surface area contributed by atoms with E-state index in [4.69, 9.17) is 9.15 Å². The maximum absolute atomic E-state index is 12.4. The van der Waals surface area contributed by atoms with Crippen LogP contribution in [0.3, 0.4) is 0 Å². The number of furan rings is 1. The van der Waals surface area contributed by atoms with Gasteiger partial charge in [-0.3, -0.25) is 9.79 Å². The molecule has 1 aliphatic heterocycles. The molecule has 0 unspecified atom stereocenters. The van der Waals surface area contributed by atoms with Gasteiger partial charge in [-0.2, -0.15) is 0 Å². The molecule has 2 amide bonds. The van der Waals surface area contributed by atoms with Crippen LogP contribution in [0.15, 0.2) is 27.8 Å². The van der Waals surface area contributed by atoms with Crippen LogP contribution in [-0.4, -0.2) is 90.6 Å². The van der Waals surface area contributed by atoms with Gasteiger partial charge in [-0.05, 0) is 46.8 Å². The topological polar surface area (TPSA) is 90.6 Å². The van der Waals surface area contributed by atoms with E-state index in [1.165, 1.54) is 6.26 Å². The van der Waals surface area contributed by atoms with Gasteiger partial charge in [-0.25, -0.2) is 4.79 Å². The fourth-order valence-electron chi connectivity index (χ4n) is 3.08. The van der Waals surface area contributed by atoms with Crippen LogP contribution in [-0.2, 0) is 4.74 Å². The van der Waals surface area contributed by atoms with Gasteiger partial charge >= 0.3 is 6.09 Å². The number of hydrogen-bond donors (Lipinski definition) is 1. The number of amides is 2. The van der Waals surface area contributed by atoms with Gasteiger partial charge in [0, 0.05) is 45.8 Å². The molecule has 0 aromatic carbocycles. The Morgan fingerprint density at radius 1 is 1.20 bits per heavy atom. The summed E-state index contributed by atoms with van der Waals surface area (Å²) in [7, 11) is 0. The highest BCUT2D eigenvalue weighted by Crippen LogP contribution is 2.11. The summed E-state index contributed by atoms with van der Waals surface area (Å²) in [6, 6.07) is 3.40. The lowest BCUT2D eigenvalue weighted by molar-refractivity contribution is 0.0266. The Balaban J connectivity index is 1.89. The van der Waals surface area contributed by atoms with Gasteiger partial charge in [-0.1, -0.05) is 0 Å². The third-order valence-corrected chi connectivity index (χ3v) is 4.60. The maximum Gasteiger partial charge on any atom is 0.410 e. The summed E-state index contributed by atoms with van der Waals surface area (Å²) in [4.78, 5) is 35.0. The van der Waals surface area contributed by atoms with Crippen molar-refractivity contribution in [2.75, 3.05) is 52.4 Å². The van der Waals surface area contributed by atoms with E-state index >= 15 is 0 Å². The zero-order valence-electron chi connectivity index (χ0n) is 18.8. The predicted molar refractivity (Wildman–Crippen MR) is 116 cm³/mol. The van der Waals surface area contributed by atoms with Crippen LogP contribution in [0.25, 0.3) is 0 Å². The summed E-state index contributed by atoms with van der Waals surface area (Å²) in [6.45, 7) is 14.3. The Bertz CT molecular complexity index is 703. The summed E-state index contributed by atoms with van der Waals surface area (Å²) >= 11 is 0. The van der Waals surface area contributed by atoms with Crippen molar-refractivity contribution in [1.82, 2.24) is 20.0 Å². The van der Waals surface area contributed by atoms with Gasteiger partial charge < -0.3 is 29.2 Å². The number of nitrogens with one attached hydrogen (secondary N) is 1. The molecule has 2 rings (SSSR count). The Labute approximate surface area is 179 Å².